The lowest BCUT2D eigenvalue weighted by molar-refractivity contribution is 0.112. The Morgan fingerprint density at radius 3 is 2.59 bits per heavy atom. The van der Waals surface area contributed by atoms with E-state index in [0.717, 1.165) is 49.2 Å². The first-order valence-corrected chi connectivity index (χ1v) is 11.1. The predicted octanol–water partition coefficient (Wildman–Crippen LogP) is 3.32. The molecule has 0 radical (unpaired) electrons. The Balaban J connectivity index is 1.32. The maximum Gasteiger partial charge on any atom is 0.161 e. The molecule has 2 aliphatic heterocycles. The quantitative estimate of drug-likeness (QED) is 0.432. The smallest absolute Gasteiger partial charge is 0.161 e. The summed E-state index contributed by atoms with van der Waals surface area (Å²) in [6, 6.07) is 6.16. The third-order valence-corrected chi connectivity index (χ3v) is 6.88. The van der Waals surface area contributed by atoms with Gasteiger partial charge in [-0.2, -0.15) is 15.0 Å². The van der Waals surface area contributed by atoms with Gasteiger partial charge in [0.15, 0.2) is 17.9 Å². The fourth-order valence-electron chi connectivity index (χ4n) is 5.16. The van der Waals surface area contributed by atoms with Crippen molar-refractivity contribution in [3.05, 3.63) is 65.6 Å². The van der Waals surface area contributed by atoms with E-state index in [4.69, 9.17) is 0 Å². The number of carbonyl (C=O) groups is 1. The van der Waals surface area contributed by atoms with Crippen LogP contribution in [0.4, 0.5) is 20.3 Å². The molecule has 2 atom stereocenters. The van der Waals surface area contributed by atoms with Crippen LogP contribution in [-0.2, 0) is 0 Å². The summed E-state index contributed by atoms with van der Waals surface area (Å²) in [5.41, 5.74) is 3.74. The monoisotopic (exact) mass is 461 g/mol. The summed E-state index contributed by atoms with van der Waals surface area (Å²) < 4.78 is 27.3. The molecule has 0 amide bonds. The number of anilines is 2. The van der Waals surface area contributed by atoms with Gasteiger partial charge in [0.1, 0.15) is 5.82 Å². The van der Waals surface area contributed by atoms with Gasteiger partial charge in [-0.05, 0) is 25.0 Å². The molecule has 172 valence electrons. The van der Waals surface area contributed by atoms with Crippen LogP contribution in [0.1, 0.15) is 22.3 Å². The number of fused-ring (bicyclic) bond motifs is 2. The lowest BCUT2D eigenvalue weighted by atomic mass is 9.81. The van der Waals surface area contributed by atoms with E-state index in [1.165, 1.54) is 4.80 Å². The molecule has 8 nitrogen and oxygen atoms in total. The molecule has 0 spiro atoms. The summed E-state index contributed by atoms with van der Waals surface area (Å²) >= 11 is 0. The van der Waals surface area contributed by atoms with E-state index in [2.05, 4.69) is 30.0 Å². The number of nitrogens with zero attached hydrogens (tertiary/aromatic N) is 7. The molecule has 34 heavy (non-hydrogen) atoms. The topological polar surface area (TPSA) is 80.0 Å². The molecule has 4 aromatic rings. The summed E-state index contributed by atoms with van der Waals surface area (Å²) in [4.78, 5) is 26.9. The van der Waals surface area contributed by atoms with Crippen LogP contribution in [0.25, 0.3) is 16.7 Å². The van der Waals surface area contributed by atoms with Gasteiger partial charge in [0.05, 0.1) is 52.6 Å². The normalized spacial score (nSPS) is 19.7. The Bertz CT molecular complexity index is 1410. The van der Waals surface area contributed by atoms with Gasteiger partial charge in [-0.3, -0.25) is 9.78 Å². The number of benzene rings is 2. The Hall–Kier alpha value is -3.95. The second-order valence-corrected chi connectivity index (χ2v) is 8.80. The second-order valence-electron chi connectivity index (χ2n) is 8.80. The minimum atomic E-state index is -0.937. The second kappa shape index (κ2) is 7.82. The number of rotatable bonds is 4. The van der Waals surface area contributed by atoms with Gasteiger partial charge in [0.2, 0.25) is 0 Å². The number of aldehydes is 1. The molecule has 0 N–H and O–H groups in total. The van der Waals surface area contributed by atoms with Crippen molar-refractivity contribution in [3.8, 4) is 5.69 Å². The van der Waals surface area contributed by atoms with Gasteiger partial charge in [-0.15, -0.1) is 0 Å². The molecule has 0 bridgehead atoms. The Morgan fingerprint density at radius 1 is 1.06 bits per heavy atom. The number of carbonyl (C=O) groups excluding carboxylic acids is 1. The zero-order chi connectivity index (χ0) is 23.4. The van der Waals surface area contributed by atoms with Crippen molar-refractivity contribution in [1.29, 1.82) is 0 Å². The van der Waals surface area contributed by atoms with Crippen molar-refractivity contribution >= 4 is 28.8 Å². The molecule has 2 aromatic carbocycles. The molecule has 2 saturated heterocycles. The highest BCUT2D eigenvalue weighted by Gasteiger charge is 2.44. The SMILES string of the molecule is Cc1ccc(-n2nccn2)c(C=O)c1N1CC[C@@H]2CN(c3cnc4cc(F)c(F)cc4n3)[C@@H]2C1. The zero-order valence-electron chi connectivity index (χ0n) is 18.4. The molecule has 0 unspecified atom stereocenters. The van der Waals surface area contributed by atoms with Crippen molar-refractivity contribution in [2.45, 2.75) is 19.4 Å². The van der Waals surface area contributed by atoms with E-state index in [9.17, 15) is 13.6 Å². The largest absolute Gasteiger partial charge is 0.369 e. The van der Waals surface area contributed by atoms with E-state index in [0.29, 0.717) is 40.6 Å². The maximum atomic E-state index is 13.7. The first kappa shape index (κ1) is 20.6. The van der Waals surface area contributed by atoms with Crippen LogP contribution in [-0.4, -0.2) is 56.9 Å². The summed E-state index contributed by atoms with van der Waals surface area (Å²) in [6.45, 7) is 4.37. The maximum absolute atomic E-state index is 13.7. The van der Waals surface area contributed by atoms with Crippen LogP contribution in [0.3, 0.4) is 0 Å². The van der Waals surface area contributed by atoms with Crippen molar-refractivity contribution in [3.63, 3.8) is 0 Å². The molecule has 2 aromatic heterocycles. The summed E-state index contributed by atoms with van der Waals surface area (Å²) in [5.74, 6) is -0.735. The number of piperidine rings is 1. The zero-order valence-corrected chi connectivity index (χ0v) is 18.4. The summed E-state index contributed by atoms with van der Waals surface area (Å²) in [5, 5.41) is 8.38. The minimum Gasteiger partial charge on any atom is -0.369 e. The first-order valence-electron chi connectivity index (χ1n) is 11.1. The highest BCUT2D eigenvalue weighted by atomic mass is 19.2. The number of aromatic nitrogens is 5. The standard InChI is InChI=1S/C24H21F2N7O/c1-14-2-3-21(33-28-5-6-29-33)16(13-34)24(14)31-7-4-15-11-32(22(15)12-31)23-10-27-19-8-17(25)18(26)9-20(19)30-23/h2-3,5-6,8-10,13,15,22H,4,7,11-12H2,1H3/t15-,22-/m1/s1. The Kier molecular flexibility index (Phi) is 4.75. The number of hydrogen-bond donors (Lipinski definition) is 0. The molecule has 0 aliphatic carbocycles. The lowest BCUT2D eigenvalue weighted by Crippen LogP contribution is -2.65. The van der Waals surface area contributed by atoms with Crippen LogP contribution in [0.15, 0.2) is 42.9 Å². The van der Waals surface area contributed by atoms with E-state index in [1.54, 1.807) is 18.6 Å². The van der Waals surface area contributed by atoms with E-state index < -0.39 is 11.6 Å². The van der Waals surface area contributed by atoms with Gasteiger partial charge in [0, 0.05) is 37.7 Å². The van der Waals surface area contributed by atoms with Crippen molar-refractivity contribution < 1.29 is 13.6 Å². The number of halogens is 2. The van der Waals surface area contributed by atoms with Crippen molar-refractivity contribution in [2.24, 2.45) is 5.92 Å². The highest BCUT2D eigenvalue weighted by Crippen LogP contribution is 2.39. The summed E-state index contributed by atoms with van der Waals surface area (Å²) in [7, 11) is 0. The van der Waals surface area contributed by atoms with E-state index in [1.807, 2.05) is 19.1 Å². The Labute approximate surface area is 193 Å². The molecule has 0 saturated carbocycles. The van der Waals surface area contributed by atoms with Gasteiger partial charge in [0.25, 0.3) is 0 Å². The summed E-state index contributed by atoms with van der Waals surface area (Å²) in [6.07, 6.45) is 6.62. The first-order chi connectivity index (χ1) is 16.5. The van der Waals surface area contributed by atoms with Gasteiger partial charge >= 0.3 is 0 Å². The highest BCUT2D eigenvalue weighted by molar-refractivity contribution is 5.91. The van der Waals surface area contributed by atoms with Crippen LogP contribution in [0, 0.1) is 24.5 Å². The van der Waals surface area contributed by atoms with Crippen LogP contribution >= 0.6 is 0 Å². The van der Waals surface area contributed by atoms with Gasteiger partial charge in [-0.1, -0.05) is 6.07 Å². The van der Waals surface area contributed by atoms with Crippen LogP contribution in [0.2, 0.25) is 0 Å². The minimum absolute atomic E-state index is 0.177. The predicted molar refractivity (Wildman–Crippen MR) is 122 cm³/mol. The molecular formula is C24H21F2N7O. The lowest BCUT2D eigenvalue weighted by Gasteiger charge is -2.54. The van der Waals surface area contributed by atoms with Crippen molar-refractivity contribution in [2.75, 3.05) is 29.4 Å². The molecule has 6 rings (SSSR count). The van der Waals surface area contributed by atoms with Crippen LogP contribution < -0.4 is 9.80 Å². The third-order valence-electron chi connectivity index (χ3n) is 6.88. The van der Waals surface area contributed by atoms with Gasteiger partial charge in [-0.25, -0.2) is 13.8 Å². The van der Waals surface area contributed by atoms with Crippen LogP contribution in [0.5, 0.6) is 0 Å². The average Bonchev–Trinajstić information content (AvgIpc) is 3.35. The fourth-order valence-corrected chi connectivity index (χ4v) is 5.16. The number of hydrogen-bond acceptors (Lipinski definition) is 7. The van der Waals surface area contributed by atoms with E-state index in [-0.39, 0.29) is 6.04 Å². The molecular weight excluding hydrogens is 440 g/mol. The van der Waals surface area contributed by atoms with E-state index >= 15 is 0 Å². The third kappa shape index (κ3) is 3.20. The molecule has 2 fully saturated rings. The Morgan fingerprint density at radius 2 is 1.82 bits per heavy atom. The molecule has 2 aliphatic rings. The molecule has 4 heterocycles. The van der Waals surface area contributed by atoms with Gasteiger partial charge < -0.3 is 9.80 Å². The number of aryl methyl sites for hydroxylation is 1. The van der Waals surface area contributed by atoms with Crippen molar-refractivity contribution in [1.82, 2.24) is 25.0 Å². The molecule has 10 heteroatoms. The average molecular weight is 461 g/mol. The fraction of sp³-hybridized carbons (Fsp3) is 0.292.